The van der Waals surface area contributed by atoms with E-state index >= 15 is 0 Å². The van der Waals surface area contributed by atoms with Crippen LogP contribution in [0.25, 0.3) is 22.2 Å². The monoisotopic (exact) mass is 707 g/mol. The van der Waals surface area contributed by atoms with Crippen LogP contribution in [0.1, 0.15) is 51.6 Å². The number of amides is 1. The van der Waals surface area contributed by atoms with Gasteiger partial charge in [-0.2, -0.15) is 0 Å². The van der Waals surface area contributed by atoms with E-state index in [1.807, 2.05) is 72.8 Å². The van der Waals surface area contributed by atoms with Gasteiger partial charge in [-0.15, -0.1) is 0 Å². The molecule has 1 amide bonds. The number of carbonyl (C=O) groups excluding carboxylic acids is 1. The van der Waals surface area contributed by atoms with Crippen molar-refractivity contribution >= 4 is 22.9 Å². The number of anilines is 1. The van der Waals surface area contributed by atoms with Gasteiger partial charge in [-0.3, -0.25) is 14.7 Å². The van der Waals surface area contributed by atoms with Gasteiger partial charge in [0.1, 0.15) is 5.69 Å². The number of para-hydroxylation sites is 2. The Labute approximate surface area is 308 Å². The zero-order chi connectivity index (χ0) is 36.0. The van der Waals surface area contributed by atoms with Gasteiger partial charge in [0.05, 0.1) is 36.0 Å². The number of hydrogen-bond acceptors (Lipinski definition) is 10. The first kappa shape index (κ1) is 34.5. The number of rotatable bonds is 10. The van der Waals surface area contributed by atoms with Crippen molar-refractivity contribution in [2.24, 2.45) is 0 Å². The molecule has 0 spiro atoms. The summed E-state index contributed by atoms with van der Waals surface area (Å²) in [5, 5.41) is 12.6. The maximum atomic E-state index is 13.0. The van der Waals surface area contributed by atoms with E-state index in [-0.39, 0.29) is 30.4 Å². The number of hydrogen-bond donors (Lipinski definition) is 2. The highest BCUT2D eigenvalue weighted by atomic mass is 16.7. The van der Waals surface area contributed by atoms with Crippen molar-refractivity contribution < 1.29 is 19.4 Å². The van der Waals surface area contributed by atoms with E-state index in [4.69, 9.17) is 9.47 Å². The Kier molecular flexibility index (Phi) is 10.4. The molecule has 2 fully saturated rings. The summed E-state index contributed by atoms with van der Waals surface area (Å²) in [5.74, 6) is 0.497. The molecule has 11 nitrogen and oxygen atoms in total. The van der Waals surface area contributed by atoms with Crippen molar-refractivity contribution in [2.75, 3.05) is 37.6 Å². The minimum atomic E-state index is -0.569. The fourth-order valence-electron chi connectivity index (χ4n) is 6.97. The molecular weight excluding hydrogens is 667 g/mol. The average molecular weight is 708 g/mol. The molecule has 4 heterocycles. The fourth-order valence-corrected chi connectivity index (χ4v) is 6.97. The molecule has 0 radical (unpaired) electrons. The molecule has 0 bridgehead atoms. The molecule has 11 heteroatoms. The van der Waals surface area contributed by atoms with Gasteiger partial charge in [0.15, 0.2) is 6.29 Å². The van der Waals surface area contributed by atoms with Crippen LogP contribution in [0.4, 0.5) is 5.95 Å². The Morgan fingerprint density at radius 1 is 0.755 bits per heavy atom. The molecule has 8 rings (SSSR count). The highest BCUT2D eigenvalue weighted by Gasteiger charge is 2.34. The van der Waals surface area contributed by atoms with Gasteiger partial charge in [0.25, 0.3) is 5.91 Å². The van der Waals surface area contributed by atoms with E-state index in [9.17, 15) is 9.90 Å². The number of aliphatic hydroxyl groups excluding tert-OH is 1. The van der Waals surface area contributed by atoms with E-state index in [0.717, 1.165) is 84.0 Å². The van der Waals surface area contributed by atoms with Crippen molar-refractivity contribution in [1.29, 1.82) is 0 Å². The number of aliphatic hydroxyl groups is 1. The van der Waals surface area contributed by atoms with E-state index < -0.39 is 6.29 Å². The molecule has 2 aliphatic heterocycles. The first-order valence-corrected chi connectivity index (χ1v) is 18.0. The zero-order valence-corrected chi connectivity index (χ0v) is 29.3. The van der Waals surface area contributed by atoms with Gasteiger partial charge >= 0.3 is 0 Å². The quantitative estimate of drug-likeness (QED) is 0.178. The van der Waals surface area contributed by atoms with Gasteiger partial charge in [0.2, 0.25) is 5.95 Å². The molecule has 2 N–H and O–H groups in total. The van der Waals surface area contributed by atoms with Crippen molar-refractivity contribution in [2.45, 2.75) is 38.1 Å². The Bertz CT molecular complexity index is 2160. The smallest absolute Gasteiger partial charge is 0.271 e. The summed E-state index contributed by atoms with van der Waals surface area (Å²) in [5.41, 5.74) is 7.58. The number of nitrogens with one attached hydrogen (secondary N) is 1. The minimum Gasteiger partial charge on any atom is -0.392 e. The van der Waals surface area contributed by atoms with E-state index in [0.29, 0.717) is 12.1 Å². The first-order chi connectivity index (χ1) is 26.1. The summed E-state index contributed by atoms with van der Waals surface area (Å²) in [7, 11) is 0. The lowest BCUT2D eigenvalue weighted by atomic mass is 9.98. The molecule has 0 unspecified atom stereocenters. The number of ether oxygens (including phenoxy) is 2. The normalized spacial score (nSPS) is 19.3. The molecule has 0 saturated carbocycles. The number of piperazine rings is 1. The maximum absolute atomic E-state index is 13.0. The summed E-state index contributed by atoms with van der Waals surface area (Å²) in [6, 6.07) is 33.8. The van der Waals surface area contributed by atoms with Crippen LogP contribution in [-0.4, -0.2) is 74.7 Å². The molecule has 3 atom stereocenters. The molecule has 0 aliphatic carbocycles. The Morgan fingerprint density at radius 3 is 2.30 bits per heavy atom. The van der Waals surface area contributed by atoms with E-state index in [2.05, 4.69) is 65.4 Å². The summed E-state index contributed by atoms with van der Waals surface area (Å²) in [6.07, 6.45) is 5.00. The van der Waals surface area contributed by atoms with Gasteiger partial charge in [0, 0.05) is 63.6 Å². The summed E-state index contributed by atoms with van der Waals surface area (Å²) >= 11 is 0. The third-order valence-corrected chi connectivity index (χ3v) is 9.84. The molecule has 2 aliphatic rings. The largest absolute Gasteiger partial charge is 0.392 e. The van der Waals surface area contributed by atoms with Crippen LogP contribution in [0.2, 0.25) is 0 Å². The SMILES string of the molecule is O=C(NCc1cccc(-c2cccc([C@H]3O[C@@H](CN4CCN(c5ncccn5)CC4)C[C@@H](c4ccc(CO)cc4)O3)c2)c1)c1cnc2ccccc2n1. The van der Waals surface area contributed by atoms with Crippen molar-refractivity contribution in [3.8, 4) is 11.1 Å². The summed E-state index contributed by atoms with van der Waals surface area (Å²) in [4.78, 5) is 35.3. The van der Waals surface area contributed by atoms with Crippen molar-refractivity contribution in [1.82, 2.24) is 30.2 Å². The zero-order valence-electron chi connectivity index (χ0n) is 29.3. The van der Waals surface area contributed by atoms with Crippen LogP contribution in [-0.2, 0) is 22.6 Å². The van der Waals surface area contributed by atoms with Crippen LogP contribution in [0.5, 0.6) is 0 Å². The topological polar surface area (TPSA) is 126 Å². The second-order valence-electron chi connectivity index (χ2n) is 13.4. The van der Waals surface area contributed by atoms with Gasteiger partial charge < -0.3 is 24.8 Å². The molecule has 53 heavy (non-hydrogen) atoms. The van der Waals surface area contributed by atoms with Crippen LogP contribution < -0.4 is 10.2 Å². The predicted octanol–water partition coefficient (Wildman–Crippen LogP) is 5.88. The highest BCUT2D eigenvalue weighted by molar-refractivity contribution is 5.93. The van der Waals surface area contributed by atoms with Gasteiger partial charge in [-0.1, -0.05) is 72.8 Å². The van der Waals surface area contributed by atoms with Gasteiger partial charge in [-0.05, 0) is 58.1 Å². The van der Waals surface area contributed by atoms with Crippen molar-refractivity contribution in [3.05, 3.63) is 150 Å². The molecule has 2 aromatic heterocycles. The van der Waals surface area contributed by atoms with Crippen molar-refractivity contribution in [3.63, 3.8) is 0 Å². The molecule has 2 saturated heterocycles. The van der Waals surface area contributed by atoms with E-state index in [1.165, 1.54) is 6.20 Å². The molecule has 268 valence electrons. The molecular formula is C42H41N7O4. The molecule has 4 aromatic carbocycles. The Morgan fingerprint density at radius 2 is 1.51 bits per heavy atom. The summed E-state index contributed by atoms with van der Waals surface area (Å²) in [6.45, 7) is 4.62. The molecule has 6 aromatic rings. The van der Waals surface area contributed by atoms with Crippen LogP contribution in [0, 0.1) is 0 Å². The van der Waals surface area contributed by atoms with Gasteiger partial charge in [-0.25, -0.2) is 15.0 Å². The standard InChI is InChI=1S/C42H41N7O4/c50-28-29-12-14-31(15-13-29)39-24-35(27-48-18-20-49(21-19-48)42-43-16-5-17-44-42)52-41(53-39)34-9-4-8-33(23-34)32-7-3-6-30(22-32)25-46-40(51)38-26-45-36-10-1-2-11-37(36)47-38/h1-17,22-23,26,35,39,41,50H,18-21,24-25,27-28H2,(H,46,51)/t35-,39+,41+/m1/s1. The lowest BCUT2D eigenvalue weighted by Crippen LogP contribution is -2.50. The third-order valence-electron chi connectivity index (χ3n) is 9.84. The number of benzene rings is 4. The number of carbonyl (C=O) groups is 1. The Balaban J connectivity index is 0.966. The number of nitrogens with zero attached hydrogens (tertiary/aromatic N) is 6. The van der Waals surface area contributed by atoms with E-state index in [1.54, 1.807) is 12.4 Å². The van der Waals surface area contributed by atoms with Crippen LogP contribution in [0.15, 0.2) is 122 Å². The second-order valence-corrected chi connectivity index (χ2v) is 13.4. The fraction of sp³-hybridized carbons (Fsp3) is 0.262. The summed E-state index contributed by atoms with van der Waals surface area (Å²) < 4.78 is 13.4. The van der Waals surface area contributed by atoms with Crippen LogP contribution >= 0.6 is 0 Å². The lowest BCUT2D eigenvalue weighted by molar-refractivity contribution is -0.253. The highest BCUT2D eigenvalue weighted by Crippen LogP contribution is 2.39. The predicted molar refractivity (Wildman–Crippen MR) is 202 cm³/mol. The van der Waals surface area contributed by atoms with Crippen LogP contribution in [0.3, 0.4) is 0 Å². The Hall–Kier alpha value is -5.59. The first-order valence-electron chi connectivity index (χ1n) is 18.0. The third kappa shape index (κ3) is 8.24. The lowest BCUT2D eigenvalue weighted by Gasteiger charge is -2.40. The number of fused-ring (bicyclic) bond motifs is 1. The average Bonchev–Trinajstić information content (AvgIpc) is 3.23. The minimum absolute atomic E-state index is 0.000333. The maximum Gasteiger partial charge on any atom is 0.271 e. The second kappa shape index (κ2) is 16.0. The number of aromatic nitrogens is 4.